The second-order valence-electron chi connectivity index (χ2n) is 8.12. The van der Waals surface area contributed by atoms with Crippen molar-refractivity contribution in [3.05, 3.63) is 0 Å². The summed E-state index contributed by atoms with van der Waals surface area (Å²) in [6, 6.07) is 0.436. The average molecular weight is 373 g/mol. The van der Waals surface area contributed by atoms with Crippen molar-refractivity contribution in [1.82, 2.24) is 10.2 Å². The summed E-state index contributed by atoms with van der Waals surface area (Å²) in [7, 11) is 0. The van der Waals surface area contributed by atoms with Gasteiger partial charge in [-0.15, -0.1) is 12.4 Å². The van der Waals surface area contributed by atoms with Gasteiger partial charge < -0.3 is 15.0 Å². The molecule has 2 aliphatic carbocycles. The quantitative estimate of drug-likeness (QED) is 0.705. The zero-order chi connectivity index (χ0) is 17.0. The first-order chi connectivity index (χ1) is 11.7. The molecule has 3 aliphatic rings. The monoisotopic (exact) mass is 372 g/mol. The molecule has 0 aromatic heterocycles. The van der Waals surface area contributed by atoms with Crippen LogP contribution in [0.1, 0.15) is 71.6 Å². The Morgan fingerprint density at radius 1 is 1.28 bits per heavy atom. The second kappa shape index (κ2) is 9.57. The van der Waals surface area contributed by atoms with Crippen LogP contribution >= 0.6 is 12.4 Å². The van der Waals surface area contributed by atoms with E-state index in [4.69, 9.17) is 4.74 Å². The molecule has 2 saturated carbocycles. The molecular weight excluding hydrogens is 336 g/mol. The van der Waals surface area contributed by atoms with Gasteiger partial charge in [-0.3, -0.25) is 4.79 Å². The molecule has 25 heavy (non-hydrogen) atoms. The molecule has 3 atom stereocenters. The van der Waals surface area contributed by atoms with E-state index >= 15 is 0 Å². The zero-order valence-electron chi connectivity index (χ0n) is 16.1. The first-order valence-corrected chi connectivity index (χ1v) is 10.3. The summed E-state index contributed by atoms with van der Waals surface area (Å²) in [4.78, 5) is 15.2. The number of carbonyl (C=O) groups is 1. The van der Waals surface area contributed by atoms with Gasteiger partial charge in [-0.2, -0.15) is 0 Å². The van der Waals surface area contributed by atoms with Gasteiger partial charge in [0.1, 0.15) is 0 Å². The topological polar surface area (TPSA) is 41.6 Å². The first-order valence-electron chi connectivity index (χ1n) is 10.3. The van der Waals surface area contributed by atoms with Crippen LogP contribution in [0.5, 0.6) is 0 Å². The lowest BCUT2D eigenvalue weighted by Gasteiger charge is -2.57. The Morgan fingerprint density at radius 2 is 2.04 bits per heavy atom. The molecule has 3 rings (SSSR count). The summed E-state index contributed by atoms with van der Waals surface area (Å²) in [6.45, 7) is 8.24. The zero-order valence-corrected chi connectivity index (χ0v) is 16.9. The van der Waals surface area contributed by atoms with Crippen molar-refractivity contribution in [2.24, 2.45) is 11.3 Å². The number of nitrogens with one attached hydrogen (secondary N) is 1. The molecule has 1 aliphatic heterocycles. The summed E-state index contributed by atoms with van der Waals surface area (Å²) < 4.78 is 6.05. The van der Waals surface area contributed by atoms with Crippen LogP contribution in [0.2, 0.25) is 0 Å². The molecule has 1 spiro atoms. The first kappa shape index (κ1) is 21.0. The highest BCUT2D eigenvalue weighted by Crippen LogP contribution is 2.56. The predicted molar refractivity (Wildman–Crippen MR) is 104 cm³/mol. The molecule has 0 bridgehead atoms. The predicted octanol–water partition coefficient (Wildman–Crippen LogP) is 3.77. The Labute approximate surface area is 159 Å². The molecule has 1 N–H and O–H groups in total. The third kappa shape index (κ3) is 4.33. The number of hydrogen-bond donors (Lipinski definition) is 1. The summed E-state index contributed by atoms with van der Waals surface area (Å²) in [5, 5.41) is 3.41. The average Bonchev–Trinajstić information content (AvgIpc) is 3.27. The number of rotatable bonds is 8. The van der Waals surface area contributed by atoms with Crippen molar-refractivity contribution in [2.45, 2.75) is 83.8 Å². The highest BCUT2D eigenvalue weighted by Gasteiger charge is 2.59. The maximum atomic E-state index is 13.0. The van der Waals surface area contributed by atoms with E-state index in [2.05, 4.69) is 24.1 Å². The van der Waals surface area contributed by atoms with Gasteiger partial charge in [0.2, 0.25) is 5.91 Å². The van der Waals surface area contributed by atoms with Crippen LogP contribution in [0.25, 0.3) is 0 Å². The van der Waals surface area contributed by atoms with Gasteiger partial charge in [0, 0.05) is 31.0 Å². The molecule has 146 valence electrons. The summed E-state index contributed by atoms with van der Waals surface area (Å²) in [5.74, 6) is 1.10. The van der Waals surface area contributed by atoms with Crippen LogP contribution in [0.15, 0.2) is 0 Å². The fraction of sp³-hybridized carbons (Fsp3) is 0.950. The minimum absolute atomic E-state index is 0. The van der Waals surface area contributed by atoms with Crippen LogP contribution in [0.4, 0.5) is 0 Å². The molecule has 0 aromatic carbocycles. The molecule has 4 nitrogen and oxygen atoms in total. The van der Waals surface area contributed by atoms with E-state index < -0.39 is 0 Å². The van der Waals surface area contributed by atoms with Crippen molar-refractivity contribution >= 4 is 18.3 Å². The third-order valence-corrected chi connectivity index (χ3v) is 6.73. The van der Waals surface area contributed by atoms with E-state index in [9.17, 15) is 4.79 Å². The number of hydrogen-bond acceptors (Lipinski definition) is 3. The normalized spacial score (nSPS) is 30.1. The largest absolute Gasteiger partial charge is 0.378 e. The van der Waals surface area contributed by atoms with Gasteiger partial charge >= 0.3 is 0 Å². The summed E-state index contributed by atoms with van der Waals surface area (Å²) in [5.41, 5.74) is 0.274. The number of halogens is 1. The molecule has 1 heterocycles. The minimum Gasteiger partial charge on any atom is -0.378 e. The second-order valence-corrected chi connectivity index (χ2v) is 8.12. The van der Waals surface area contributed by atoms with Gasteiger partial charge in [0.05, 0.1) is 6.10 Å². The van der Waals surface area contributed by atoms with Gasteiger partial charge in [-0.05, 0) is 64.5 Å². The third-order valence-electron chi connectivity index (χ3n) is 6.73. The van der Waals surface area contributed by atoms with Crippen LogP contribution in [0, 0.1) is 11.3 Å². The van der Waals surface area contributed by atoms with Crippen LogP contribution in [-0.2, 0) is 9.53 Å². The number of nitrogens with zero attached hydrogens (tertiary/aromatic N) is 1. The molecule has 3 fully saturated rings. The van der Waals surface area contributed by atoms with E-state index in [0.717, 1.165) is 51.9 Å². The van der Waals surface area contributed by atoms with Gasteiger partial charge in [0.15, 0.2) is 0 Å². The Morgan fingerprint density at radius 3 is 2.64 bits per heavy atom. The van der Waals surface area contributed by atoms with Crippen molar-refractivity contribution in [3.63, 3.8) is 0 Å². The van der Waals surface area contributed by atoms with Crippen LogP contribution < -0.4 is 5.32 Å². The van der Waals surface area contributed by atoms with E-state index in [1.165, 1.54) is 32.1 Å². The molecule has 0 aromatic rings. The van der Waals surface area contributed by atoms with Crippen molar-refractivity contribution < 1.29 is 9.53 Å². The van der Waals surface area contributed by atoms with Crippen molar-refractivity contribution in [2.75, 3.05) is 26.2 Å². The van der Waals surface area contributed by atoms with Crippen molar-refractivity contribution in [3.8, 4) is 0 Å². The van der Waals surface area contributed by atoms with E-state index in [1.807, 2.05) is 0 Å². The summed E-state index contributed by atoms with van der Waals surface area (Å²) >= 11 is 0. The molecule has 1 amide bonds. The molecule has 1 saturated heterocycles. The Kier molecular flexibility index (Phi) is 8.03. The number of amides is 1. The lowest BCUT2D eigenvalue weighted by atomic mass is 9.59. The van der Waals surface area contributed by atoms with Crippen molar-refractivity contribution in [1.29, 1.82) is 0 Å². The van der Waals surface area contributed by atoms with Gasteiger partial charge in [-0.1, -0.05) is 19.8 Å². The molecule has 5 heteroatoms. The Balaban J connectivity index is 0.00000225. The number of carbonyl (C=O) groups excluding carboxylic acids is 1. The number of ether oxygens (including phenoxy) is 1. The highest BCUT2D eigenvalue weighted by molar-refractivity contribution is 5.85. The minimum atomic E-state index is 0. The maximum Gasteiger partial charge on any atom is 0.222 e. The molecule has 3 unspecified atom stereocenters. The van der Waals surface area contributed by atoms with E-state index in [0.29, 0.717) is 24.0 Å². The van der Waals surface area contributed by atoms with Gasteiger partial charge in [0.25, 0.3) is 0 Å². The maximum absolute atomic E-state index is 13.0. The van der Waals surface area contributed by atoms with E-state index in [1.54, 1.807) is 0 Å². The van der Waals surface area contributed by atoms with Crippen LogP contribution in [-0.4, -0.2) is 49.2 Å². The summed E-state index contributed by atoms with van der Waals surface area (Å²) in [6.07, 6.45) is 10.7. The fourth-order valence-corrected chi connectivity index (χ4v) is 5.41. The smallest absolute Gasteiger partial charge is 0.222 e. The lowest BCUT2D eigenvalue weighted by Crippen LogP contribution is -2.65. The highest BCUT2D eigenvalue weighted by atomic mass is 35.5. The fourth-order valence-electron chi connectivity index (χ4n) is 5.41. The lowest BCUT2D eigenvalue weighted by molar-refractivity contribution is -0.176. The Bertz CT molecular complexity index is 420. The Hall–Kier alpha value is -0.320. The van der Waals surface area contributed by atoms with Crippen LogP contribution in [0.3, 0.4) is 0 Å². The van der Waals surface area contributed by atoms with Gasteiger partial charge in [-0.25, -0.2) is 0 Å². The SMILES string of the molecule is CCCN(C(=O)CCC1CCNC1)C1CC(OCC)C12CCCC2.Cl. The molecular formula is C20H37ClN2O2. The standard InChI is InChI=1S/C20H36N2O2.ClH/c1-3-13-22(19(23)8-7-16-9-12-21-15-16)17-14-18(24-4-2)20(17)10-5-6-11-20;/h16-18,21H,3-15H2,1-2H3;1H. The van der Waals surface area contributed by atoms with E-state index in [-0.39, 0.29) is 17.8 Å². The molecule has 0 radical (unpaired) electrons.